The Morgan fingerprint density at radius 1 is 1.33 bits per heavy atom. The molecule has 0 saturated carbocycles. The van der Waals surface area contributed by atoms with Crippen molar-refractivity contribution in [2.24, 2.45) is 10.8 Å². The smallest absolute Gasteiger partial charge is 0.312 e. The topological polar surface area (TPSA) is 26.3 Å². The van der Waals surface area contributed by atoms with Gasteiger partial charge in [0.1, 0.15) is 6.10 Å². The van der Waals surface area contributed by atoms with Gasteiger partial charge < -0.3 is 4.74 Å². The van der Waals surface area contributed by atoms with E-state index in [1.165, 1.54) is 0 Å². The molecule has 12 heavy (non-hydrogen) atoms. The molecule has 0 aromatic carbocycles. The number of hydrogen-bond acceptors (Lipinski definition) is 2. The second-order valence-corrected chi connectivity index (χ2v) is 4.65. The lowest BCUT2D eigenvalue weighted by molar-refractivity contribution is -0.147. The van der Waals surface area contributed by atoms with Gasteiger partial charge >= 0.3 is 5.97 Å². The lowest BCUT2D eigenvalue weighted by Gasteiger charge is -2.32. The molecule has 0 amide bonds. The summed E-state index contributed by atoms with van der Waals surface area (Å²) in [7, 11) is 0. The zero-order valence-electron chi connectivity index (χ0n) is 8.60. The summed E-state index contributed by atoms with van der Waals surface area (Å²) < 4.78 is 5.30. The summed E-state index contributed by atoms with van der Waals surface area (Å²) >= 11 is 0. The number of carbonyl (C=O) groups is 1. The minimum atomic E-state index is -0.340. The van der Waals surface area contributed by atoms with E-state index < -0.39 is 0 Å². The highest BCUT2D eigenvalue weighted by atomic mass is 16.6. The van der Waals surface area contributed by atoms with E-state index in [0.717, 1.165) is 6.42 Å². The van der Waals surface area contributed by atoms with Gasteiger partial charge in [0, 0.05) is 5.41 Å². The Kier molecular flexibility index (Phi) is 1.97. The molecule has 0 N–H and O–H groups in total. The monoisotopic (exact) mass is 170 g/mol. The summed E-state index contributed by atoms with van der Waals surface area (Å²) in [4.78, 5) is 11.5. The van der Waals surface area contributed by atoms with Crippen molar-refractivity contribution in [1.82, 2.24) is 0 Å². The predicted molar refractivity (Wildman–Crippen MR) is 47.7 cm³/mol. The van der Waals surface area contributed by atoms with Crippen LogP contribution in [0.5, 0.6) is 0 Å². The summed E-state index contributed by atoms with van der Waals surface area (Å²) in [5.41, 5.74) is -0.382. The molecule has 0 spiro atoms. The zero-order chi connectivity index (χ0) is 9.57. The quantitative estimate of drug-likeness (QED) is 0.565. The fraction of sp³-hybridized carbons (Fsp3) is 0.900. The van der Waals surface area contributed by atoms with E-state index in [1.54, 1.807) is 0 Å². The van der Waals surface area contributed by atoms with Gasteiger partial charge in [-0.05, 0) is 20.3 Å². The Balaban J connectivity index is 3.00. The first-order chi connectivity index (χ1) is 5.34. The van der Waals surface area contributed by atoms with E-state index in [2.05, 4.69) is 20.8 Å². The third kappa shape index (κ3) is 0.970. The van der Waals surface area contributed by atoms with Crippen LogP contribution in [0.4, 0.5) is 0 Å². The zero-order valence-corrected chi connectivity index (χ0v) is 8.60. The van der Waals surface area contributed by atoms with Crippen molar-refractivity contribution in [3.8, 4) is 0 Å². The molecule has 1 fully saturated rings. The van der Waals surface area contributed by atoms with Crippen molar-refractivity contribution in [1.29, 1.82) is 0 Å². The van der Waals surface area contributed by atoms with Crippen molar-refractivity contribution in [2.75, 3.05) is 0 Å². The Morgan fingerprint density at radius 3 is 2.00 bits per heavy atom. The number of carbonyl (C=O) groups excluding carboxylic acids is 1. The number of rotatable bonds is 1. The van der Waals surface area contributed by atoms with E-state index in [1.807, 2.05) is 13.8 Å². The summed E-state index contributed by atoms with van der Waals surface area (Å²) in [5, 5.41) is 0. The molecule has 0 aromatic rings. The third-order valence-electron chi connectivity index (χ3n) is 3.55. The molecule has 1 atom stereocenters. The van der Waals surface area contributed by atoms with Gasteiger partial charge in [-0.25, -0.2) is 0 Å². The van der Waals surface area contributed by atoms with Crippen LogP contribution in [0.15, 0.2) is 0 Å². The maximum absolute atomic E-state index is 11.5. The second-order valence-electron chi connectivity index (χ2n) is 4.65. The molecule has 0 radical (unpaired) electrons. The molecular weight excluding hydrogens is 152 g/mol. The Labute approximate surface area is 74.3 Å². The first kappa shape index (κ1) is 9.56. The standard InChI is InChI=1S/C10H18O2/c1-6-7-9(2,3)10(4,5)8(11)12-7/h7H,6H2,1-5H3. The normalized spacial score (nSPS) is 31.8. The molecule has 0 bridgehead atoms. The van der Waals surface area contributed by atoms with Gasteiger partial charge in [-0.15, -0.1) is 0 Å². The van der Waals surface area contributed by atoms with Crippen LogP contribution in [0.2, 0.25) is 0 Å². The van der Waals surface area contributed by atoms with Crippen molar-refractivity contribution in [3.63, 3.8) is 0 Å². The van der Waals surface area contributed by atoms with Crippen LogP contribution in [0.3, 0.4) is 0 Å². The van der Waals surface area contributed by atoms with E-state index in [0.29, 0.717) is 0 Å². The first-order valence-electron chi connectivity index (χ1n) is 4.55. The van der Waals surface area contributed by atoms with E-state index >= 15 is 0 Å². The maximum Gasteiger partial charge on any atom is 0.312 e. The minimum absolute atomic E-state index is 0.0428. The molecular formula is C10H18O2. The molecule has 0 aromatic heterocycles. The molecule has 2 heteroatoms. The summed E-state index contributed by atoms with van der Waals surface area (Å²) in [6.45, 7) is 10.2. The highest BCUT2D eigenvalue weighted by molar-refractivity contribution is 5.79. The summed E-state index contributed by atoms with van der Waals surface area (Å²) in [5.74, 6) is -0.0562. The van der Waals surface area contributed by atoms with Gasteiger partial charge in [-0.1, -0.05) is 20.8 Å². The fourth-order valence-electron chi connectivity index (χ4n) is 1.68. The Morgan fingerprint density at radius 2 is 1.83 bits per heavy atom. The fourth-order valence-corrected chi connectivity index (χ4v) is 1.68. The maximum atomic E-state index is 11.5. The molecule has 1 saturated heterocycles. The molecule has 1 aliphatic rings. The average molecular weight is 170 g/mol. The van der Waals surface area contributed by atoms with Crippen LogP contribution in [0.25, 0.3) is 0 Å². The van der Waals surface area contributed by atoms with E-state index in [4.69, 9.17) is 4.74 Å². The van der Waals surface area contributed by atoms with Crippen molar-refractivity contribution < 1.29 is 9.53 Å². The molecule has 1 heterocycles. The lowest BCUT2D eigenvalue weighted by atomic mass is 9.66. The van der Waals surface area contributed by atoms with Gasteiger partial charge in [0.05, 0.1) is 5.41 Å². The number of esters is 1. The predicted octanol–water partition coefficient (Wildman–Crippen LogP) is 2.37. The van der Waals surface area contributed by atoms with Crippen LogP contribution in [0, 0.1) is 10.8 Å². The average Bonchev–Trinajstić information content (AvgIpc) is 2.10. The SMILES string of the molecule is CCC1OC(=O)C(C)(C)C1(C)C. The summed E-state index contributed by atoms with van der Waals surface area (Å²) in [6.07, 6.45) is 0.988. The van der Waals surface area contributed by atoms with Crippen molar-refractivity contribution in [3.05, 3.63) is 0 Å². The van der Waals surface area contributed by atoms with Crippen LogP contribution in [-0.4, -0.2) is 12.1 Å². The highest BCUT2D eigenvalue weighted by Gasteiger charge is 2.56. The summed E-state index contributed by atoms with van der Waals surface area (Å²) in [6, 6.07) is 0. The van der Waals surface area contributed by atoms with Crippen LogP contribution < -0.4 is 0 Å². The molecule has 1 aliphatic heterocycles. The minimum Gasteiger partial charge on any atom is -0.461 e. The molecule has 70 valence electrons. The third-order valence-corrected chi connectivity index (χ3v) is 3.55. The second kappa shape index (κ2) is 2.48. The van der Waals surface area contributed by atoms with Gasteiger partial charge in [-0.3, -0.25) is 4.79 Å². The lowest BCUT2D eigenvalue weighted by Crippen LogP contribution is -2.36. The Bertz CT molecular complexity index is 204. The van der Waals surface area contributed by atoms with Crippen molar-refractivity contribution >= 4 is 5.97 Å². The van der Waals surface area contributed by atoms with E-state index in [9.17, 15) is 4.79 Å². The van der Waals surface area contributed by atoms with Gasteiger partial charge in [0.25, 0.3) is 0 Å². The van der Waals surface area contributed by atoms with Crippen LogP contribution in [-0.2, 0) is 9.53 Å². The van der Waals surface area contributed by atoms with Crippen molar-refractivity contribution in [2.45, 2.75) is 47.1 Å². The van der Waals surface area contributed by atoms with Crippen LogP contribution >= 0.6 is 0 Å². The van der Waals surface area contributed by atoms with E-state index in [-0.39, 0.29) is 22.9 Å². The number of hydrogen-bond donors (Lipinski definition) is 0. The number of cyclic esters (lactones) is 1. The molecule has 1 unspecified atom stereocenters. The van der Waals surface area contributed by atoms with Gasteiger partial charge in [0.15, 0.2) is 0 Å². The molecule has 0 aliphatic carbocycles. The molecule has 1 rings (SSSR count). The largest absolute Gasteiger partial charge is 0.461 e. The van der Waals surface area contributed by atoms with Gasteiger partial charge in [0.2, 0.25) is 0 Å². The van der Waals surface area contributed by atoms with Gasteiger partial charge in [-0.2, -0.15) is 0 Å². The highest BCUT2D eigenvalue weighted by Crippen LogP contribution is 2.49. The number of ether oxygens (including phenoxy) is 1. The van der Waals surface area contributed by atoms with Crippen LogP contribution in [0.1, 0.15) is 41.0 Å². The molecule has 2 nitrogen and oxygen atoms in total. The first-order valence-corrected chi connectivity index (χ1v) is 4.55. The Hall–Kier alpha value is -0.530.